The fourth-order valence-electron chi connectivity index (χ4n) is 2.54. The van der Waals surface area contributed by atoms with Gasteiger partial charge >= 0.3 is 0 Å². The summed E-state index contributed by atoms with van der Waals surface area (Å²) in [6.45, 7) is 4.90. The molecule has 1 fully saturated rings. The summed E-state index contributed by atoms with van der Waals surface area (Å²) in [5, 5.41) is 0. The van der Waals surface area contributed by atoms with Crippen molar-refractivity contribution >= 4 is 11.8 Å². The maximum Gasteiger partial charge on any atom is 0.126 e. The van der Waals surface area contributed by atoms with E-state index in [1.807, 2.05) is 30.3 Å². The van der Waals surface area contributed by atoms with Crippen LogP contribution in [0.2, 0.25) is 0 Å². The number of piperazine rings is 1. The summed E-state index contributed by atoms with van der Waals surface area (Å²) < 4.78 is 18.2. The quantitative estimate of drug-likeness (QED) is 0.860. The van der Waals surface area contributed by atoms with E-state index in [0.29, 0.717) is 0 Å². The van der Waals surface area contributed by atoms with Crippen molar-refractivity contribution in [3.8, 4) is 0 Å². The van der Waals surface area contributed by atoms with Crippen molar-refractivity contribution in [1.29, 1.82) is 0 Å². The van der Waals surface area contributed by atoms with Crippen LogP contribution in [-0.4, -0.2) is 37.6 Å². The number of anilines is 1. The average molecular weight is 286 g/mol. The Labute approximate surface area is 124 Å². The molecule has 3 nitrogen and oxygen atoms in total. The third-order valence-electron chi connectivity index (χ3n) is 3.75. The topological polar surface area (TPSA) is 19.6 Å². The van der Waals surface area contributed by atoms with Crippen LogP contribution < -0.4 is 4.90 Å². The van der Waals surface area contributed by atoms with E-state index in [4.69, 9.17) is 4.42 Å². The lowest BCUT2D eigenvalue weighted by Crippen LogP contribution is -2.46. The molecule has 1 aromatic heterocycles. The van der Waals surface area contributed by atoms with Gasteiger partial charge in [0.05, 0.1) is 6.26 Å². The second-order valence-corrected chi connectivity index (χ2v) is 5.18. The van der Waals surface area contributed by atoms with E-state index < -0.39 is 0 Å². The SMILES string of the molecule is Fc1ccc(N2CCN(C/C=C\c3ccco3)CC2)cc1. The first-order chi connectivity index (χ1) is 10.3. The smallest absolute Gasteiger partial charge is 0.126 e. The number of halogens is 1. The summed E-state index contributed by atoms with van der Waals surface area (Å²) in [7, 11) is 0. The van der Waals surface area contributed by atoms with E-state index in [0.717, 1.165) is 44.2 Å². The molecule has 0 bridgehead atoms. The van der Waals surface area contributed by atoms with E-state index >= 15 is 0 Å². The van der Waals surface area contributed by atoms with E-state index in [9.17, 15) is 4.39 Å². The Balaban J connectivity index is 1.47. The summed E-state index contributed by atoms with van der Waals surface area (Å²) in [6.07, 6.45) is 5.82. The van der Waals surface area contributed by atoms with Gasteiger partial charge in [0.2, 0.25) is 0 Å². The van der Waals surface area contributed by atoms with Gasteiger partial charge in [0.1, 0.15) is 11.6 Å². The first kappa shape index (κ1) is 13.9. The van der Waals surface area contributed by atoms with Gasteiger partial charge in [-0.25, -0.2) is 4.39 Å². The molecular weight excluding hydrogens is 267 g/mol. The van der Waals surface area contributed by atoms with Crippen LogP contribution in [-0.2, 0) is 0 Å². The van der Waals surface area contributed by atoms with Gasteiger partial charge in [-0.3, -0.25) is 4.90 Å². The predicted octanol–water partition coefficient (Wildman–Crippen LogP) is 3.25. The second kappa shape index (κ2) is 6.59. The third-order valence-corrected chi connectivity index (χ3v) is 3.75. The van der Waals surface area contributed by atoms with Gasteiger partial charge in [-0.15, -0.1) is 0 Å². The Morgan fingerprint density at radius 3 is 2.48 bits per heavy atom. The molecule has 1 aromatic carbocycles. The Bertz CT molecular complexity index is 569. The van der Waals surface area contributed by atoms with Crippen LogP contribution in [0.15, 0.2) is 53.2 Å². The van der Waals surface area contributed by atoms with Crippen molar-refractivity contribution in [3.05, 3.63) is 60.3 Å². The molecule has 0 atom stereocenters. The van der Waals surface area contributed by atoms with Gasteiger partial charge in [0.15, 0.2) is 0 Å². The van der Waals surface area contributed by atoms with Crippen LogP contribution in [0.5, 0.6) is 0 Å². The summed E-state index contributed by atoms with van der Waals surface area (Å²) in [4.78, 5) is 4.70. The molecule has 21 heavy (non-hydrogen) atoms. The van der Waals surface area contributed by atoms with Gasteiger partial charge in [-0.05, 0) is 42.5 Å². The zero-order chi connectivity index (χ0) is 14.5. The molecule has 1 aliphatic rings. The number of nitrogens with zero attached hydrogens (tertiary/aromatic N) is 2. The van der Waals surface area contributed by atoms with Crippen LogP contribution in [0.3, 0.4) is 0 Å². The van der Waals surface area contributed by atoms with Gasteiger partial charge in [-0.1, -0.05) is 6.08 Å². The highest BCUT2D eigenvalue weighted by molar-refractivity contribution is 5.46. The lowest BCUT2D eigenvalue weighted by Gasteiger charge is -2.35. The molecule has 4 heteroatoms. The minimum atomic E-state index is -0.180. The Hall–Kier alpha value is -2.07. The molecule has 2 heterocycles. The van der Waals surface area contributed by atoms with Gasteiger partial charge in [0.25, 0.3) is 0 Å². The highest BCUT2D eigenvalue weighted by Gasteiger charge is 2.16. The monoisotopic (exact) mass is 286 g/mol. The molecule has 1 aliphatic heterocycles. The van der Waals surface area contributed by atoms with Crippen molar-refractivity contribution in [2.75, 3.05) is 37.6 Å². The fraction of sp³-hybridized carbons (Fsp3) is 0.294. The number of rotatable bonds is 4. The predicted molar refractivity (Wildman–Crippen MR) is 82.8 cm³/mol. The van der Waals surface area contributed by atoms with Gasteiger partial charge < -0.3 is 9.32 Å². The van der Waals surface area contributed by atoms with Crippen LogP contribution in [0, 0.1) is 5.82 Å². The second-order valence-electron chi connectivity index (χ2n) is 5.18. The standard InChI is InChI=1S/C17H19FN2O/c18-15-5-7-16(8-6-15)20-12-10-19(11-13-20)9-1-3-17-4-2-14-21-17/h1-8,14H,9-13H2/b3-1-. The lowest BCUT2D eigenvalue weighted by atomic mass is 10.2. The van der Waals surface area contributed by atoms with Crippen LogP contribution in [0.1, 0.15) is 5.76 Å². The van der Waals surface area contributed by atoms with Crippen LogP contribution >= 0.6 is 0 Å². The van der Waals surface area contributed by atoms with E-state index in [1.54, 1.807) is 6.26 Å². The highest BCUT2D eigenvalue weighted by atomic mass is 19.1. The summed E-state index contributed by atoms with van der Waals surface area (Å²) in [5.41, 5.74) is 1.10. The highest BCUT2D eigenvalue weighted by Crippen LogP contribution is 2.16. The molecular formula is C17H19FN2O. The van der Waals surface area contributed by atoms with Crippen molar-refractivity contribution in [3.63, 3.8) is 0 Å². The van der Waals surface area contributed by atoms with Crippen molar-refractivity contribution in [2.24, 2.45) is 0 Å². The minimum Gasteiger partial charge on any atom is -0.465 e. The minimum absolute atomic E-state index is 0.180. The third kappa shape index (κ3) is 3.73. The molecule has 0 aliphatic carbocycles. The zero-order valence-electron chi connectivity index (χ0n) is 11.9. The van der Waals surface area contributed by atoms with Gasteiger partial charge in [0, 0.05) is 38.4 Å². The van der Waals surface area contributed by atoms with Crippen molar-refractivity contribution in [1.82, 2.24) is 4.90 Å². The maximum absolute atomic E-state index is 12.9. The molecule has 3 rings (SSSR count). The van der Waals surface area contributed by atoms with E-state index in [2.05, 4.69) is 15.9 Å². The first-order valence-electron chi connectivity index (χ1n) is 7.24. The Morgan fingerprint density at radius 1 is 1.05 bits per heavy atom. The van der Waals surface area contributed by atoms with Crippen molar-refractivity contribution < 1.29 is 8.81 Å². The molecule has 0 amide bonds. The zero-order valence-corrected chi connectivity index (χ0v) is 11.9. The van der Waals surface area contributed by atoms with Crippen LogP contribution in [0.25, 0.3) is 6.08 Å². The molecule has 0 spiro atoms. The molecule has 110 valence electrons. The largest absolute Gasteiger partial charge is 0.465 e. The summed E-state index contributed by atoms with van der Waals surface area (Å²) >= 11 is 0. The summed E-state index contributed by atoms with van der Waals surface area (Å²) in [6, 6.07) is 10.6. The molecule has 1 saturated heterocycles. The van der Waals surface area contributed by atoms with Crippen LogP contribution in [0.4, 0.5) is 10.1 Å². The average Bonchev–Trinajstić information content (AvgIpc) is 3.02. The Kier molecular flexibility index (Phi) is 4.36. The first-order valence-corrected chi connectivity index (χ1v) is 7.24. The fourth-order valence-corrected chi connectivity index (χ4v) is 2.54. The molecule has 2 aromatic rings. The summed E-state index contributed by atoms with van der Waals surface area (Å²) in [5.74, 6) is 0.709. The van der Waals surface area contributed by atoms with E-state index in [1.165, 1.54) is 12.1 Å². The van der Waals surface area contributed by atoms with Crippen molar-refractivity contribution in [2.45, 2.75) is 0 Å². The number of hydrogen-bond donors (Lipinski definition) is 0. The number of furan rings is 1. The Morgan fingerprint density at radius 2 is 1.81 bits per heavy atom. The van der Waals surface area contributed by atoms with E-state index in [-0.39, 0.29) is 5.82 Å². The molecule has 0 N–H and O–H groups in total. The lowest BCUT2D eigenvalue weighted by molar-refractivity contribution is 0.284. The van der Waals surface area contributed by atoms with Gasteiger partial charge in [-0.2, -0.15) is 0 Å². The molecule has 0 saturated carbocycles. The maximum atomic E-state index is 12.9. The molecule has 0 unspecified atom stereocenters. The normalized spacial score (nSPS) is 16.7. The number of hydrogen-bond acceptors (Lipinski definition) is 3. The number of benzene rings is 1. The molecule has 0 radical (unpaired) electrons.